The zero-order valence-corrected chi connectivity index (χ0v) is 11.2. The smallest absolute Gasteiger partial charge is 0.135 e. The van der Waals surface area contributed by atoms with E-state index in [1.807, 2.05) is 12.1 Å². The normalized spacial score (nSPS) is 12.4. The average molecular weight is 262 g/mol. The zero-order valence-electron chi connectivity index (χ0n) is 11.2. The summed E-state index contributed by atoms with van der Waals surface area (Å²) in [5.41, 5.74) is 3.66. The summed E-state index contributed by atoms with van der Waals surface area (Å²) < 4.78 is 11.4. The molecule has 0 unspecified atom stereocenters. The lowest BCUT2D eigenvalue weighted by Crippen LogP contribution is -2.05. The Morgan fingerprint density at radius 2 is 1.75 bits per heavy atom. The van der Waals surface area contributed by atoms with Crippen LogP contribution in [-0.4, -0.2) is 7.11 Å². The quantitative estimate of drug-likeness (QED) is 0.646. The molecule has 98 valence electrons. The van der Waals surface area contributed by atoms with Crippen molar-refractivity contribution >= 4 is 10.8 Å². The Balaban J connectivity index is 2.05. The fraction of sp³-hybridized carbons (Fsp3) is 0.111. The van der Waals surface area contributed by atoms with Crippen molar-refractivity contribution in [3.63, 3.8) is 0 Å². The van der Waals surface area contributed by atoms with Crippen molar-refractivity contribution in [1.82, 2.24) is 0 Å². The standard InChI is InChI=1S/C18H14O2/c1-19-17-8-4-7-15-14(17)9-10-16-13-6-3-2-5-12(13)11-20-18(15)16/h2-10H,11H2,1H3. The van der Waals surface area contributed by atoms with Crippen LogP contribution in [0.2, 0.25) is 0 Å². The molecule has 20 heavy (non-hydrogen) atoms. The lowest BCUT2D eigenvalue weighted by Gasteiger charge is -2.22. The lowest BCUT2D eigenvalue weighted by atomic mass is 9.94. The summed E-state index contributed by atoms with van der Waals surface area (Å²) >= 11 is 0. The summed E-state index contributed by atoms with van der Waals surface area (Å²) in [5.74, 6) is 1.84. The second kappa shape index (κ2) is 4.27. The maximum absolute atomic E-state index is 6.01. The Labute approximate surface area is 117 Å². The van der Waals surface area contributed by atoms with Crippen LogP contribution in [-0.2, 0) is 6.61 Å². The van der Waals surface area contributed by atoms with Gasteiger partial charge in [0.1, 0.15) is 18.1 Å². The van der Waals surface area contributed by atoms with E-state index in [0.717, 1.165) is 27.8 Å². The first-order chi connectivity index (χ1) is 9.88. The second-order valence-corrected chi connectivity index (χ2v) is 4.94. The Hall–Kier alpha value is -2.48. The van der Waals surface area contributed by atoms with Gasteiger partial charge in [-0.2, -0.15) is 0 Å². The van der Waals surface area contributed by atoms with Crippen molar-refractivity contribution < 1.29 is 9.47 Å². The predicted molar refractivity (Wildman–Crippen MR) is 80.3 cm³/mol. The van der Waals surface area contributed by atoms with Gasteiger partial charge in [-0.15, -0.1) is 0 Å². The molecule has 0 atom stereocenters. The highest BCUT2D eigenvalue weighted by molar-refractivity contribution is 5.99. The highest BCUT2D eigenvalue weighted by atomic mass is 16.5. The van der Waals surface area contributed by atoms with Gasteiger partial charge in [-0.05, 0) is 29.3 Å². The summed E-state index contributed by atoms with van der Waals surface area (Å²) in [6, 6.07) is 18.7. The summed E-state index contributed by atoms with van der Waals surface area (Å²) in [6.07, 6.45) is 0. The van der Waals surface area contributed by atoms with E-state index in [-0.39, 0.29) is 0 Å². The fourth-order valence-electron chi connectivity index (χ4n) is 2.91. The molecule has 3 aromatic rings. The van der Waals surface area contributed by atoms with E-state index in [1.54, 1.807) is 7.11 Å². The molecule has 4 rings (SSSR count). The highest BCUT2D eigenvalue weighted by Crippen LogP contribution is 2.43. The first-order valence-electron chi connectivity index (χ1n) is 6.69. The van der Waals surface area contributed by atoms with Crippen LogP contribution in [0.3, 0.4) is 0 Å². The van der Waals surface area contributed by atoms with Gasteiger partial charge in [-0.1, -0.05) is 36.4 Å². The molecule has 2 heteroatoms. The molecule has 2 nitrogen and oxygen atoms in total. The van der Waals surface area contributed by atoms with Crippen LogP contribution in [0, 0.1) is 0 Å². The van der Waals surface area contributed by atoms with Crippen LogP contribution in [0.25, 0.3) is 21.9 Å². The molecule has 0 N–H and O–H groups in total. The SMILES string of the molecule is COc1cccc2c3c(ccc12)-c1ccccc1CO3. The number of methoxy groups -OCH3 is 1. The van der Waals surface area contributed by atoms with E-state index in [1.165, 1.54) is 11.1 Å². The van der Waals surface area contributed by atoms with E-state index >= 15 is 0 Å². The van der Waals surface area contributed by atoms with E-state index in [0.29, 0.717) is 6.61 Å². The molecule has 1 aliphatic heterocycles. The van der Waals surface area contributed by atoms with Crippen molar-refractivity contribution in [2.24, 2.45) is 0 Å². The van der Waals surface area contributed by atoms with E-state index < -0.39 is 0 Å². The Bertz CT molecular complexity index is 806. The third kappa shape index (κ3) is 1.51. The van der Waals surface area contributed by atoms with E-state index in [9.17, 15) is 0 Å². The van der Waals surface area contributed by atoms with Crippen molar-refractivity contribution in [2.75, 3.05) is 7.11 Å². The second-order valence-electron chi connectivity index (χ2n) is 4.94. The molecule has 0 aliphatic carbocycles. The molecule has 0 saturated heterocycles. The molecule has 3 aromatic carbocycles. The van der Waals surface area contributed by atoms with Gasteiger partial charge in [0, 0.05) is 16.3 Å². The van der Waals surface area contributed by atoms with E-state index in [4.69, 9.17) is 9.47 Å². The zero-order chi connectivity index (χ0) is 13.5. The maximum atomic E-state index is 6.01. The number of hydrogen-bond donors (Lipinski definition) is 0. The molecular formula is C18H14O2. The third-order valence-corrected chi connectivity index (χ3v) is 3.87. The minimum atomic E-state index is 0.625. The molecule has 0 fully saturated rings. The molecule has 0 bridgehead atoms. The van der Waals surface area contributed by atoms with Gasteiger partial charge in [0.25, 0.3) is 0 Å². The molecule has 1 heterocycles. The summed E-state index contributed by atoms with van der Waals surface area (Å²) in [7, 11) is 1.70. The number of benzene rings is 3. The largest absolute Gasteiger partial charge is 0.496 e. The lowest BCUT2D eigenvalue weighted by molar-refractivity contribution is 0.306. The fourth-order valence-corrected chi connectivity index (χ4v) is 2.91. The van der Waals surface area contributed by atoms with Gasteiger partial charge in [0.15, 0.2) is 0 Å². The topological polar surface area (TPSA) is 18.5 Å². The molecule has 0 aromatic heterocycles. The Kier molecular flexibility index (Phi) is 2.43. The Morgan fingerprint density at radius 3 is 2.65 bits per heavy atom. The van der Waals surface area contributed by atoms with Gasteiger partial charge >= 0.3 is 0 Å². The summed E-state index contributed by atoms with van der Waals surface area (Å²) in [4.78, 5) is 0. The Morgan fingerprint density at radius 1 is 0.850 bits per heavy atom. The minimum Gasteiger partial charge on any atom is -0.496 e. The van der Waals surface area contributed by atoms with Crippen molar-refractivity contribution in [3.05, 3.63) is 60.2 Å². The van der Waals surface area contributed by atoms with Crippen LogP contribution in [0.1, 0.15) is 5.56 Å². The summed E-state index contributed by atoms with van der Waals surface area (Å²) in [5, 5.41) is 2.20. The molecule has 1 aliphatic rings. The molecule has 0 radical (unpaired) electrons. The summed E-state index contributed by atoms with van der Waals surface area (Å²) in [6.45, 7) is 0.625. The molecule has 0 amide bonds. The number of ether oxygens (including phenoxy) is 2. The van der Waals surface area contributed by atoms with E-state index in [2.05, 4.69) is 42.5 Å². The molecule has 0 saturated carbocycles. The monoisotopic (exact) mass is 262 g/mol. The number of hydrogen-bond acceptors (Lipinski definition) is 2. The average Bonchev–Trinajstić information content (AvgIpc) is 2.53. The van der Waals surface area contributed by atoms with Gasteiger partial charge < -0.3 is 9.47 Å². The van der Waals surface area contributed by atoms with Crippen molar-refractivity contribution in [3.8, 4) is 22.6 Å². The number of rotatable bonds is 1. The van der Waals surface area contributed by atoms with Crippen LogP contribution in [0.15, 0.2) is 54.6 Å². The number of fused-ring (bicyclic) bond motifs is 5. The predicted octanol–water partition coefficient (Wildman–Crippen LogP) is 4.41. The van der Waals surface area contributed by atoms with Gasteiger partial charge in [0.05, 0.1) is 7.11 Å². The van der Waals surface area contributed by atoms with Crippen LogP contribution in [0.4, 0.5) is 0 Å². The molecular weight excluding hydrogens is 248 g/mol. The van der Waals surface area contributed by atoms with Crippen molar-refractivity contribution in [2.45, 2.75) is 6.61 Å². The van der Waals surface area contributed by atoms with Crippen molar-refractivity contribution in [1.29, 1.82) is 0 Å². The first-order valence-corrected chi connectivity index (χ1v) is 6.69. The van der Waals surface area contributed by atoms with Gasteiger partial charge in [0.2, 0.25) is 0 Å². The van der Waals surface area contributed by atoms with Gasteiger partial charge in [-0.3, -0.25) is 0 Å². The van der Waals surface area contributed by atoms with Crippen LogP contribution in [0.5, 0.6) is 11.5 Å². The van der Waals surface area contributed by atoms with Gasteiger partial charge in [-0.25, -0.2) is 0 Å². The maximum Gasteiger partial charge on any atom is 0.135 e. The van der Waals surface area contributed by atoms with Crippen LogP contribution >= 0.6 is 0 Å². The third-order valence-electron chi connectivity index (χ3n) is 3.87. The van der Waals surface area contributed by atoms with Crippen LogP contribution < -0.4 is 9.47 Å². The highest BCUT2D eigenvalue weighted by Gasteiger charge is 2.19. The minimum absolute atomic E-state index is 0.625. The first kappa shape index (κ1) is 11.4. The molecule has 0 spiro atoms.